The maximum absolute atomic E-state index is 12.4. The molecule has 0 spiro atoms. The Kier molecular flexibility index (Phi) is 5.49. The second-order valence-electron chi connectivity index (χ2n) is 5.99. The smallest absolute Gasteiger partial charge is 0.253 e. The van der Waals surface area contributed by atoms with Crippen LogP contribution in [0.3, 0.4) is 0 Å². The first-order valence-corrected chi connectivity index (χ1v) is 8.34. The molecule has 0 aliphatic heterocycles. The summed E-state index contributed by atoms with van der Waals surface area (Å²) >= 11 is 0. The summed E-state index contributed by atoms with van der Waals surface area (Å²) in [6.45, 7) is 2.52. The minimum atomic E-state index is -0.160. The Morgan fingerprint density at radius 1 is 1.04 bits per heavy atom. The monoisotopic (exact) mass is 347 g/mol. The van der Waals surface area contributed by atoms with Gasteiger partial charge in [-0.25, -0.2) is 0 Å². The Morgan fingerprint density at radius 2 is 1.85 bits per heavy atom. The summed E-state index contributed by atoms with van der Waals surface area (Å²) in [5.41, 5.74) is 4.36. The number of carbonyl (C=O) groups is 1. The number of benzene rings is 2. The van der Waals surface area contributed by atoms with E-state index in [2.05, 4.69) is 15.6 Å². The molecule has 0 saturated carbocycles. The van der Waals surface area contributed by atoms with Gasteiger partial charge in [0.2, 0.25) is 0 Å². The molecule has 2 aromatic carbocycles. The van der Waals surface area contributed by atoms with E-state index in [9.17, 15) is 4.79 Å². The summed E-state index contributed by atoms with van der Waals surface area (Å²) in [6.07, 6.45) is 3.23. The third-order valence-corrected chi connectivity index (χ3v) is 3.93. The third-order valence-electron chi connectivity index (χ3n) is 3.93. The summed E-state index contributed by atoms with van der Waals surface area (Å²) in [5.74, 6) is 0.599. The highest BCUT2D eigenvalue weighted by Gasteiger charge is 2.07. The van der Waals surface area contributed by atoms with Crippen molar-refractivity contribution in [1.82, 2.24) is 10.3 Å². The molecule has 1 aromatic heterocycles. The van der Waals surface area contributed by atoms with E-state index in [0.717, 1.165) is 22.7 Å². The topological polar surface area (TPSA) is 63.2 Å². The Bertz CT molecular complexity index is 892. The average Bonchev–Trinajstić information content (AvgIpc) is 2.67. The molecule has 0 fully saturated rings. The maximum Gasteiger partial charge on any atom is 0.253 e. The van der Waals surface area contributed by atoms with Gasteiger partial charge < -0.3 is 15.4 Å². The molecule has 3 rings (SSSR count). The van der Waals surface area contributed by atoms with Gasteiger partial charge in [0, 0.05) is 24.5 Å². The third kappa shape index (κ3) is 4.60. The van der Waals surface area contributed by atoms with Gasteiger partial charge in [-0.05, 0) is 30.7 Å². The first kappa shape index (κ1) is 17.5. The zero-order chi connectivity index (χ0) is 18.4. The fourth-order valence-electron chi connectivity index (χ4n) is 2.49. The molecule has 0 radical (unpaired) electrons. The van der Waals surface area contributed by atoms with Crippen LogP contribution in [0.2, 0.25) is 0 Å². The van der Waals surface area contributed by atoms with Crippen LogP contribution in [0.1, 0.15) is 21.5 Å². The lowest BCUT2D eigenvalue weighted by atomic mass is 10.1. The lowest BCUT2D eigenvalue weighted by Crippen LogP contribution is -2.23. The molecule has 5 nitrogen and oxygen atoms in total. The number of anilines is 2. The molecule has 26 heavy (non-hydrogen) atoms. The number of ether oxygens (including phenoxy) is 1. The van der Waals surface area contributed by atoms with Gasteiger partial charge in [-0.2, -0.15) is 0 Å². The van der Waals surface area contributed by atoms with Gasteiger partial charge in [-0.3, -0.25) is 9.78 Å². The van der Waals surface area contributed by atoms with Crippen LogP contribution in [0.15, 0.2) is 67.0 Å². The van der Waals surface area contributed by atoms with E-state index in [1.54, 1.807) is 25.6 Å². The zero-order valence-electron chi connectivity index (χ0n) is 14.8. The van der Waals surface area contributed by atoms with E-state index in [1.807, 2.05) is 55.5 Å². The Balaban J connectivity index is 1.65. The number of hydrogen-bond donors (Lipinski definition) is 2. The van der Waals surface area contributed by atoms with Crippen molar-refractivity contribution in [1.29, 1.82) is 0 Å². The second kappa shape index (κ2) is 8.16. The van der Waals surface area contributed by atoms with E-state index >= 15 is 0 Å². The van der Waals surface area contributed by atoms with Gasteiger partial charge in [-0.15, -0.1) is 0 Å². The largest absolute Gasteiger partial charge is 0.497 e. The van der Waals surface area contributed by atoms with Crippen molar-refractivity contribution in [2.75, 3.05) is 12.4 Å². The number of aryl methyl sites for hydroxylation is 1. The van der Waals surface area contributed by atoms with Crippen LogP contribution in [0.25, 0.3) is 0 Å². The number of pyridine rings is 1. The standard InChI is InChI=1S/C21H21N3O2/c1-15-6-8-16(9-7-15)12-23-21(25)17-10-19(14-22-13-17)24-18-4-3-5-20(11-18)26-2/h3-11,13-14,24H,12H2,1-2H3,(H,23,25). The molecule has 5 heteroatoms. The number of methoxy groups -OCH3 is 1. The number of aromatic nitrogens is 1. The fraction of sp³-hybridized carbons (Fsp3) is 0.143. The van der Waals surface area contributed by atoms with Crippen molar-refractivity contribution in [3.8, 4) is 5.75 Å². The summed E-state index contributed by atoms with van der Waals surface area (Å²) in [6, 6.07) is 17.4. The van der Waals surface area contributed by atoms with E-state index in [-0.39, 0.29) is 5.91 Å². The predicted molar refractivity (Wildman–Crippen MR) is 103 cm³/mol. The first-order valence-electron chi connectivity index (χ1n) is 8.34. The molecular weight excluding hydrogens is 326 g/mol. The molecule has 2 N–H and O–H groups in total. The molecule has 132 valence electrons. The molecule has 0 aliphatic rings. The van der Waals surface area contributed by atoms with Crippen molar-refractivity contribution < 1.29 is 9.53 Å². The summed E-state index contributed by atoms with van der Waals surface area (Å²) in [5, 5.41) is 6.15. The van der Waals surface area contributed by atoms with Gasteiger partial charge in [0.15, 0.2) is 0 Å². The first-order chi connectivity index (χ1) is 12.6. The molecule has 1 heterocycles. The summed E-state index contributed by atoms with van der Waals surface area (Å²) < 4.78 is 5.22. The number of carbonyl (C=O) groups excluding carboxylic acids is 1. The van der Waals surface area contributed by atoms with Crippen LogP contribution >= 0.6 is 0 Å². The molecule has 0 saturated heterocycles. The molecular formula is C21H21N3O2. The summed E-state index contributed by atoms with van der Waals surface area (Å²) in [7, 11) is 1.62. The lowest BCUT2D eigenvalue weighted by molar-refractivity contribution is 0.0950. The van der Waals surface area contributed by atoms with Crippen LogP contribution in [0.5, 0.6) is 5.75 Å². The van der Waals surface area contributed by atoms with Crippen molar-refractivity contribution in [2.45, 2.75) is 13.5 Å². The highest BCUT2D eigenvalue weighted by atomic mass is 16.5. The van der Waals surface area contributed by atoms with Crippen molar-refractivity contribution in [3.05, 3.63) is 83.7 Å². The Labute approximate surface area is 153 Å². The van der Waals surface area contributed by atoms with Crippen LogP contribution in [0, 0.1) is 6.92 Å². The van der Waals surface area contributed by atoms with E-state index < -0.39 is 0 Å². The SMILES string of the molecule is COc1cccc(Nc2cncc(C(=O)NCc3ccc(C)cc3)c2)c1. The highest BCUT2D eigenvalue weighted by molar-refractivity contribution is 5.94. The molecule has 0 unspecified atom stereocenters. The summed E-state index contributed by atoms with van der Waals surface area (Å²) in [4.78, 5) is 16.5. The second-order valence-corrected chi connectivity index (χ2v) is 5.99. The lowest BCUT2D eigenvalue weighted by Gasteiger charge is -2.10. The molecule has 0 aliphatic carbocycles. The van der Waals surface area contributed by atoms with Gasteiger partial charge in [0.05, 0.1) is 24.6 Å². The number of rotatable bonds is 6. The number of hydrogen-bond acceptors (Lipinski definition) is 4. The van der Waals surface area contributed by atoms with Gasteiger partial charge in [0.25, 0.3) is 5.91 Å². The zero-order valence-corrected chi connectivity index (χ0v) is 14.8. The molecule has 0 bridgehead atoms. The predicted octanol–water partition coefficient (Wildman–Crippen LogP) is 4.07. The van der Waals surface area contributed by atoms with E-state index in [4.69, 9.17) is 4.74 Å². The number of amides is 1. The van der Waals surface area contributed by atoms with Crippen LogP contribution in [-0.2, 0) is 6.54 Å². The average molecular weight is 347 g/mol. The number of nitrogens with one attached hydrogen (secondary N) is 2. The van der Waals surface area contributed by atoms with Crippen molar-refractivity contribution in [3.63, 3.8) is 0 Å². The molecule has 1 amide bonds. The minimum absolute atomic E-state index is 0.160. The fourth-order valence-corrected chi connectivity index (χ4v) is 2.49. The molecule has 3 aromatic rings. The van der Waals surface area contributed by atoms with E-state index in [0.29, 0.717) is 12.1 Å². The van der Waals surface area contributed by atoms with Crippen LogP contribution < -0.4 is 15.4 Å². The maximum atomic E-state index is 12.4. The van der Waals surface area contributed by atoms with Gasteiger partial charge in [-0.1, -0.05) is 35.9 Å². The highest BCUT2D eigenvalue weighted by Crippen LogP contribution is 2.21. The Hall–Kier alpha value is -3.34. The normalized spacial score (nSPS) is 10.2. The van der Waals surface area contributed by atoms with Crippen molar-refractivity contribution in [2.24, 2.45) is 0 Å². The molecule has 0 atom stereocenters. The quantitative estimate of drug-likeness (QED) is 0.705. The number of nitrogens with zero attached hydrogens (tertiary/aromatic N) is 1. The van der Waals surface area contributed by atoms with Crippen LogP contribution in [0.4, 0.5) is 11.4 Å². The van der Waals surface area contributed by atoms with Crippen molar-refractivity contribution >= 4 is 17.3 Å². The Morgan fingerprint density at radius 3 is 2.62 bits per heavy atom. The van der Waals surface area contributed by atoms with Gasteiger partial charge >= 0.3 is 0 Å². The van der Waals surface area contributed by atoms with E-state index in [1.165, 1.54) is 5.56 Å². The van der Waals surface area contributed by atoms with Gasteiger partial charge in [0.1, 0.15) is 5.75 Å². The minimum Gasteiger partial charge on any atom is -0.497 e. The van der Waals surface area contributed by atoms with Crippen LogP contribution in [-0.4, -0.2) is 18.0 Å².